The van der Waals surface area contributed by atoms with Gasteiger partial charge < -0.3 is 5.32 Å². The van der Waals surface area contributed by atoms with Gasteiger partial charge in [0.2, 0.25) is 0 Å². The lowest BCUT2D eigenvalue weighted by Gasteiger charge is -2.06. The third-order valence-corrected chi connectivity index (χ3v) is 2.65. The van der Waals surface area contributed by atoms with Crippen molar-refractivity contribution in [2.45, 2.75) is 12.8 Å². The van der Waals surface area contributed by atoms with Crippen LogP contribution < -0.4 is 5.32 Å². The molecule has 0 unspecified atom stereocenters. The van der Waals surface area contributed by atoms with Crippen molar-refractivity contribution in [2.24, 2.45) is 0 Å². The fourth-order valence-corrected chi connectivity index (χ4v) is 1.84. The molecule has 1 aliphatic rings. The summed E-state index contributed by atoms with van der Waals surface area (Å²) in [5.41, 5.74) is 3.56. The molecular formula is C11H10N4. The molecule has 1 N–H and O–H groups in total. The standard InChI is InChI=1S/C11H10N4/c1-2-4-10-8(3-1)5-6-9-7-12-15-14-11(9)13-10/h1-4,7H,5-6H2,(H,12,13,14). The molecule has 1 aromatic carbocycles. The average Bonchev–Trinajstić information content (AvgIpc) is 2.48. The third kappa shape index (κ3) is 1.44. The van der Waals surface area contributed by atoms with Crippen LogP contribution in [0.25, 0.3) is 0 Å². The maximum Gasteiger partial charge on any atom is 0.159 e. The number of nitrogens with zero attached hydrogens (tertiary/aromatic N) is 3. The van der Waals surface area contributed by atoms with Gasteiger partial charge in [-0.1, -0.05) is 18.2 Å². The Balaban J connectivity index is 2.10. The van der Waals surface area contributed by atoms with Crippen LogP contribution in [0.4, 0.5) is 11.5 Å². The maximum atomic E-state index is 4.01. The molecule has 4 nitrogen and oxygen atoms in total. The van der Waals surface area contributed by atoms with Gasteiger partial charge in [0.05, 0.1) is 6.20 Å². The van der Waals surface area contributed by atoms with Crippen LogP contribution in [0.2, 0.25) is 0 Å². The number of para-hydroxylation sites is 1. The fraction of sp³-hybridized carbons (Fsp3) is 0.182. The van der Waals surface area contributed by atoms with E-state index in [0.29, 0.717) is 0 Å². The first-order valence-electron chi connectivity index (χ1n) is 4.95. The summed E-state index contributed by atoms with van der Waals surface area (Å²) < 4.78 is 0. The molecule has 4 heteroatoms. The molecule has 2 aromatic rings. The molecule has 0 atom stereocenters. The summed E-state index contributed by atoms with van der Waals surface area (Å²) in [7, 11) is 0. The number of hydrogen-bond donors (Lipinski definition) is 1. The van der Waals surface area contributed by atoms with Crippen molar-refractivity contribution in [3.8, 4) is 0 Å². The van der Waals surface area contributed by atoms with Gasteiger partial charge >= 0.3 is 0 Å². The van der Waals surface area contributed by atoms with E-state index in [1.807, 2.05) is 6.07 Å². The summed E-state index contributed by atoms with van der Waals surface area (Å²) in [4.78, 5) is 0. The summed E-state index contributed by atoms with van der Waals surface area (Å²) in [5.74, 6) is 0.829. The zero-order valence-electron chi connectivity index (χ0n) is 8.14. The minimum absolute atomic E-state index is 0.829. The van der Waals surface area contributed by atoms with Gasteiger partial charge in [-0.05, 0) is 29.7 Å². The Morgan fingerprint density at radius 1 is 1.07 bits per heavy atom. The minimum Gasteiger partial charge on any atom is -0.338 e. The van der Waals surface area contributed by atoms with Crippen molar-refractivity contribution >= 4 is 11.5 Å². The lowest BCUT2D eigenvalue weighted by molar-refractivity contribution is 0.839. The Labute approximate surface area is 87.4 Å². The lowest BCUT2D eigenvalue weighted by Crippen LogP contribution is -1.99. The fourth-order valence-electron chi connectivity index (χ4n) is 1.84. The monoisotopic (exact) mass is 198 g/mol. The molecule has 0 amide bonds. The topological polar surface area (TPSA) is 50.7 Å². The molecule has 0 saturated heterocycles. The second kappa shape index (κ2) is 3.31. The van der Waals surface area contributed by atoms with E-state index in [0.717, 1.165) is 29.9 Å². The highest BCUT2D eigenvalue weighted by molar-refractivity contribution is 5.64. The normalized spacial score (nSPS) is 13.3. The average molecular weight is 198 g/mol. The first-order chi connectivity index (χ1) is 7.43. The van der Waals surface area contributed by atoms with Crippen molar-refractivity contribution in [1.82, 2.24) is 15.4 Å². The predicted octanol–water partition coefficient (Wildman–Crippen LogP) is 1.71. The highest BCUT2D eigenvalue weighted by atomic mass is 15.3. The molecule has 0 aliphatic carbocycles. The van der Waals surface area contributed by atoms with Crippen LogP contribution in [-0.4, -0.2) is 15.4 Å². The van der Waals surface area contributed by atoms with Gasteiger partial charge in [0.1, 0.15) is 0 Å². The number of aryl methyl sites for hydroxylation is 2. The van der Waals surface area contributed by atoms with Crippen LogP contribution in [0, 0.1) is 0 Å². The highest BCUT2D eigenvalue weighted by Gasteiger charge is 2.12. The van der Waals surface area contributed by atoms with Crippen molar-refractivity contribution in [2.75, 3.05) is 5.32 Å². The quantitative estimate of drug-likeness (QED) is 0.700. The zero-order valence-corrected chi connectivity index (χ0v) is 8.14. The number of benzene rings is 1. The van der Waals surface area contributed by atoms with Gasteiger partial charge in [-0.15, -0.1) is 10.2 Å². The zero-order chi connectivity index (χ0) is 10.1. The Morgan fingerprint density at radius 3 is 2.93 bits per heavy atom. The van der Waals surface area contributed by atoms with Crippen molar-refractivity contribution in [1.29, 1.82) is 0 Å². The van der Waals surface area contributed by atoms with Gasteiger partial charge in [0.15, 0.2) is 5.82 Å². The van der Waals surface area contributed by atoms with Crippen LogP contribution in [0.15, 0.2) is 30.5 Å². The van der Waals surface area contributed by atoms with Crippen molar-refractivity contribution < 1.29 is 0 Å². The third-order valence-electron chi connectivity index (χ3n) is 2.65. The summed E-state index contributed by atoms with van der Waals surface area (Å²) >= 11 is 0. The first kappa shape index (κ1) is 8.35. The van der Waals surface area contributed by atoms with Crippen LogP contribution in [0.3, 0.4) is 0 Å². The van der Waals surface area contributed by atoms with Crippen molar-refractivity contribution in [3.63, 3.8) is 0 Å². The van der Waals surface area contributed by atoms with Crippen LogP contribution in [-0.2, 0) is 12.8 Å². The Bertz CT molecular complexity index is 450. The minimum atomic E-state index is 0.829. The number of rotatable bonds is 0. The highest BCUT2D eigenvalue weighted by Crippen LogP contribution is 2.26. The maximum absolute atomic E-state index is 4.01. The molecule has 0 saturated carbocycles. The lowest BCUT2D eigenvalue weighted by atomic mass is 10.1. The van der Waals surface area contributed by atoms with E-state index >= 15 is 0 Å². The number of aromatic nitrogens is 3. The molecule has 15 heavy (non-hydrogen) atoms. The van der Waals surface area contributed by atoms with Gasteiger partial charge in [-0.2, -0.15) is 0 Å². The van der Waals surface area contributed by atoms with Gasteiger partial charge in [-0.3, -0.25) is 0 Å². The van der Waals surface area contributed by atoms with Gasteiger partial charge in [0.25, 0.3) is 0 Å². The van der Waals surface area contributed by atoms with Gasteiger partial charge in [0, 0.05) is 11.3 Å². The molecule has 0 radical (unpaired) electrons. The predicted molar refractivity (Wildman–Crippen MR) is 57.0 cm³/mol. The second-order valence-electron chi connectivity index (χ2n) is 3.59. The molecule has 0 fully saturated rings. The molecule has 2 heterocycles. The van der Waals surface area contributed by atoms with E-state index < -0.39 is 0 Å². The van der Waals surface area contributed by atoms with E-state index in [1.54, 1.807) is 6.20 Å². The van der Waals surface area contributed by atoms with Crippen LogP contribution in [0.1, 0.15) is 11.1 Å². The van der Waals surface area contributed by atoms with Crippen LogP contribution >= 0.6 is 0 Å². The Kier molecular flexibility index (Phi) is 1.84. The molecule has 0 bridgehead atoms. The summed E-state index contributed by atoms with van der Waals surface area (Å²) in [6, 6.07) is 8.27. The van der Waals surface area contributed by atoms with E-state index in [1.165, 1.54) is 5.56 Å². The van der Waals surface area contributed by atoms with E-state index in [2.05, 4.69) is 38.9 Å². The molecule has 74 valence electrons. The Hall–Kier alpha value is -1.97. The smallest absolute Gasteiger partial charge is 0.159 e. The number of hydrogen-bond acceptors (Lipinski definition) is 4. The van der Waals surface area contributed by atoms with Crippen LogP contribution in [0.5, 0.6) is 0 Å². The second-order valence-corrected chi connectivity index (χ2v) is 3.59. The largest absolute Gasteiger partial charge is 0.338 e. The summed E-state index contributed by atoms with van der Waals surface area (Å²) in [6.45, 7) is 0. The molecule has 3 rings (SSSR count). The molecule has 1 aliphatic heterocycles. The van der Waals surface area contributed by atoms with E-state index in [-0.39, 0.29) is 0 Å². The number of fused-ring (bicyclic) bond motifs is 2. The first-order valence-corrected chi connectivity index (χ1v) is 4.95. The molecule has 0 spiro atoms. The molecular weight excluding hydrogens is 188 g/mol. The SMILES string of the molecule is c1ccc2c(c1)CCc1cnnnc1N2. The molecule has 1 aromatic heterocycles. The Morgan fingerprint density at radius 2 is 1.93 bits per heavy atom. The van der Waals surface area contributed by atoms with E-state index in [9.17, 15) is 0 Å². The summed E-state index contributed by atoms with van der Waals surface area (Å²) in [5, 5.41) is 14.7. The van der Waals surface area contributed by atoms with E-state index in [4.69, 9.17) is 0 Å². The van der Waals surface area contributed by atoms with Gasteiger partial charge in [-0.25, -0.2) is 0 Å². The summed E-state index contributed by atoms with van der Waals surface area (Å²) in [6.07, 6.45) is 3.76. The van der Waals surface area contributed by atoms with Crippen molar-refractivity contribution in [3.05, 3.63) is 41.6 Å². The number of nitrogens with one attached hydrogen (secondary N) is 1. The number of anilines is 2.